The van der Waals surface area contributed by atoms with E-state index in [4.69, 9.17) is 11.6 Å². The van der Waals surface area contributed by atoms with Crippen molar-refractivity contribution in [2.75, 3.05) is 10.6 Å². The number of hydrogen-bond donors (Lipinski definition) is 2. The van der Waals surface area contributed by atoms with Gasteiger partial charge in [-0.1, -0.05) is 48.0 Å². The van der Waals surface area contributed by atoms with Crippen molar-refractivity contribution in [3.8, 4) is 0 Å². The van der Waals surface area contributed by atoms with E-state index in [9.17, 15) is 14.0 Å². The Morgan fingerprint density at radius 3 is 2.38 bits per heavy atom. The molecule has 0 heterocycles. The fourth-order valence-electron chi connectivity index (χ4n) is 2.28. The Morgan fingerprint density at radius 1 is 0.875 bits per heavy atom. The number of carbonyl (C=O) groups excluding carboxylic acids is 2. The monoisotopic (exact) mass is 342 g/mol. The molecule has 0 fully saturated rings. The molecule has 2 amide bonds. The number of rotatable bonds is 2. The van der Waals surface area contributed by atoms with E-state index in [0.717, 1.165) is 16.8 Å². The zero-order chi connectivity index (χ0) is 17.1. The molecule has 2 N–H and O–H groups in total. The van der Waals surface area contributed by atoms with Gasteiger partial charge in [-0.25, -0.2) is 4.39 Å². The van der Waals surface area contributed by atoms with Crippen LogP contribution in [0.3, 0.4) is 0 Å². The van der Waals surface area contributed by atoms with Gasteiger partial charge in [-0.15, -0.1) is 0 Å². The summed E-state index contributed by atoms with van der Waals surface area (Å²) in [5.74, 6) is -2.30. The van der Waals surface area contributed by atoms with E-state index in [1.165, 1.54) is 12.1 Å². The summed E-state index contributed by atoms with van der Waals surface area (Å²) < 4.78 is 13.1. The first-order chi connectivity index (χ1) is 11.5. The highest BCUT2D eigenvalue weighted by molar-refractivity contribution is 6.44. The summed E-state index contributed by atoms with van der Waals surface area (Å²) in [4.78, 5) is 24.1. The number of fused-ring (bicyclic) bond motifs is 1. The zero-order valence-electron chi connectivity index (χ0n) is 12.3. The average molecular weight is 343 g/mol. The van der Waals surface area contributed by atoms with E-state index in [1.807, 2.05) is 30.3 Å². The molecule has 0 aromatic heterocycles. The molecule has 0 aliphatic heterocycles. The molecule has 0 aliphatic carbocycles. The van der Waals surface area contributed by atoms with E-state index in [1.54, 1.807) is 12.1 Å². The number of benzene rings is 3. The van der Waals surface area contributed by atoms with Crippen LogP contribution >= 0.6 is 11.6 Å². The van der Waals surface area contributed by atoms with Crippen molar-refractivity contribution in [1.29, 1.82) is 0 Å². The smallest absolute Gasteiger partial charge is 0.314 e. The van der Waals surface area contributed by atoms with Crippen molar-refractivity contribution in [3.63, 3.8) is 0 Å². The van der Waals surface area contributed by atoms with Gasteiger partial charge in [-0.05, 0) is 29.7 Å². The molecule has 0 saturated carbocycles. The number of hydrogen-bond acceptors (Lipinski definition) is 2. The van der Waals surface area contributed by atoms with Crippen LogP contribution in [0.2, 0.25) is 5.02 Å². The second kappa shape index (κ2) is 6.68. The first-order valence-electron chi connectivity index (χ1n) is 7.10. The highest BCUT2D eigenvalue weighted by Gasteiger charge is 2.15. The highest BCUT2D eigenvalue weighted by Crippen LogP contribution is 2.23. The molecule has 3 rings (SSSR count). The topological polar surface area (TPSA) is 58.2 Å². The predicted octanol–water partition coefficient (Wildman–Crippen LogP) is 4.21. The van der Waals surface area contributed by atoms with Crippen LogP contribution in [0.5, 0.6) is 0 Å². The van der Waals surface area contributed by atoms with Crippen molar-refractivity contribution < 1.29 is 14.0 Å². The Balaban J connectivity index is 1.76. The quantitative estimate of drug-likeness (QED) is 0.685. The Hall–Kier alpha value is -2.92. The van der Waals surface area contributed by atoms with Crippen LogP contribution in [0, 0.1) is 5.82 Å². The third-order valence-electron chi connectivity index (χ3n) is 3.42. The molecular weight excluding hydrogens is 331 g/mol. The third-order valence-corrected chi connectivity index (χ3v) is 3.71. The first-order valence-corrected chi connectivity index (χ1v) is 7.47. The lowest BCUT2D eigenvalue weighted by Gasteiger charge is -2.09. The lowest BCUT2D eigenvalue weighted by Crippen LogP contribution is -2.29. The number of halogens is 2. The zero-order valence-corrected chi connectivity index (χ0v) is 13.1. The Bertz CT molecular complexity index is 938. The minimum atomic E-state index is -0.870. The maximum absolute atomic E-state index is 13.1. The van der Waals surface area contributed by atoms with Crippen molar-refractivity contribution in [2.45, 2.75) is 0 Å². The molecular formula is C18H12ClFN2O2. The molecule has 6 heteroatoms. The van der Waals surface area contributed by atoms with Crippen LogP contribution in [0.25, 0.3) is 10.8 Å². The molecule has 0 spiro atoms. The molecule has 0 unspecified atom stereocenters. The van der Waals surface area contributed by atoms with Crippen LogP contribution in [0.4, 0.5) is 15.8 Å². The number of nitrogens with one attached hydrogen (secondary N) is 2. The van der Waals surface area contributed by atoms with Crippen LogP contribution in [-0.4, -0.2) is 11.8 Å². The summed E-state index contributed by atoms with van der Waals surface area (Å²) in [7, 11) is 0. The summed E-state index contributed by atoms with van der Waals surface area (Å²) in [6, 6.07) is 16.6. The molecule has 3 aromatic carbocycles. The van der Waals surface area contributed by atoms with Gasteiger partial charge in [0, 0.05) is 16.8 Å². The number of amides is 2. The lowest BCUT2D eigenvalue weighted by atomic mass is 10.1. The van der Waals surface area contributed by atoms with E-state index >= 15 is 0 Å². The Kier molecular flexibility index (Phi) is 4.44. The Morgan fingerprint density at radius 2 is 1.58 bits per heavy atom. The van der Waals surface area contributed by atoms with Crippen LogP contribution in [-0.2, 0) is 9.59 Å². The SMILES string of the molecule is O=C(Nc1ccc(F)c(Cl)c1)C(=O)Nc1cccc2ccccc12. The van der Waals surface area contributed by atoms with Crippen molar-refractivity contribution in [1.82, 2.24) is 0 Å². The number of carbonyl (C=O) groups is 2. The molecule has 24 heavy (non-hydrogen) atoms. The van der Waals surface area contributed by atoms with Gasteiger partial charge in [0.2, 0.25) is 0 Å². The van der Waals surface area contributed by atoms with Crippen molar-refractivity contribution in [3.05, 3.63) is 71.5 Å². The van der Waals surface area contributed by atoms with Crippen LogP contribution < -0.4 is 10.6 Å². The molecule has 0 atom stereocenters. The van der Waals surface area contributed by atoms with Gasteiger partial charge >= 0.3 is 11.8 Å². The van der Waals surface area contributed by atoms with E-state index in [2.05, 4.69) is 10.6 Å². The molecule has 3 aromatic rings. The minimum absolute atomic E-state index is 0.137. The van der Waals surface area contributed by atoms with E-state index in [0.29, 0.717) is 5.69 Å². The molecule has 0 saturated heterocycles. The maximum Gasteiger partial charge on any atom is 0.314 e. The van der Waals surface area contributed by atoms with Gasteiger partial charge in [0.25, 0.3) is 0 Å². The van der Waals surface area contributed by atoms with Gasteiger partial charge in [0.05, 0.1) is 5.02 Å². The normalized spacial score (nSPS) is 10.4. The fourth-order valence-corrected chi connectivity index (χ4v) is 2.46. The summed E-state index contributed by atoms with van der Waals surface area (Å²) in [6.45, 7) is 0. The third kappa shape index (κ3) is 3.36. The largest absolute Gasteiger partial charge is 0.318 e. The van der Waals surface area contributed by atoms with E-state index < -0.39 is 17.6 Å². The van der Waals surface area contributed by atoms with Crippen molar-refractivity contribution >= 4 is 45.6 Å². The molecule has 0 radical (unpaired) electrons. The first kappa shape index (κ1) is 16.0. The maximum atomic E-state index is 13.1. The van der Waals surface area contributed by atoms with Gasteiger partial charge in [-0.3, -0.25) is 9.59 Å². The average Bonchev–Trinajstić information content (AvgIpc) is 2.58. The summed E-state index contributed by atoms with van der Waals surface area (Å²) in [5.41, 5.74) is 0.768. The summed E-state index contributed by atoms with van der Waals surface area (Å²) in [5, 5.41) is 6.58. The van der Waals surface area contributed by atoms with E-state index in [-0.39, 0.29) is 10.7 Å². The summed E-state index contributed by atoms with van der Waals surface area (Å²) >= 11 is 5.65. The van der Waals surface area contributed by atoms with Crippen molar-refractivity contribution in [2.24, 2.45) is 0 Å². The predicted molar refractivity (Wildman–Crippen MR) is 92.6 cm³/mol. The second-order valence-electron chi connectivity index (χ2n) is 5.06. The molecule has 0 aliphatic rings. The second-order valence-corrected chi connectivity index (χ2v) is 5.47. The molecule has 0 bridgehead atoms. The lowest BCUT2D eigenvalue weighted by molar-refractivity contribution is -0.132. The van der Waals surface area contributed by atoms with Gasteiger partial charge in [0.15, 0.2) is 0 Å². The number of anilines is 2. The molecule has 4 nitrogen and oxygen atoms in total. The minimum Gasteiger partial charge on any atom is -0.318 e. The van der Waals surface area contributed by atoms with Gasteiger partial charge < -0.3 is 10.6 Å². The fraction of sp³-hybridized carbons (Fsp3) is 0. The van der Waals surface area contributed by atoms with Crippen LogP contribution in [0.15, 0.2) is 60.7 Å². The Labute approximate surface area is 142 Å². The summed E-state index contributed by atoms with van der Waals surface area (Å²) in [6.07, 6.45) is 0. The standard InChI is InChI=1S/C18H12ClFN2O2/c19-14-10-12(8-9-15(14)20)21-17(23)18(24)22-16-7-3-5-11-4-1-2-6-13(11)16/h1-10H,(H,21,23)(H,22,24). The highest BCUT2D eigenvalue weighted by atomic mass is 35.5. The van der Waals surface area contributed by atoms with Gasteiger partial charge in [-0.2, -0.15) is 0 Å². The van der Waals surface area contributed by atoms with Gasteiger partial charge in [0.1, 0.15) is 5.82 Å². The molecule has 120 valence electrons. The van der Waals surface area contributed by atoms with Crippen LogP contribution in [0.1, 0.15) is 0 Å².